The summed E-state index contributed by atoms with van der Waals surface area (Å²) in [6.45, 7) is 1.86. The molecular weight excluding hydrogens is 392 g/mol. The Morgan fingerprint density at radius 3 is 2.54 bits per heavy atom. The molecule has 4 rings (SSSR count). The van der Waals surface area contributed by atoms with Gasteiger partial charge in [0, 0.05) is 11.7 Å². The van der Waals surface area contributed by atoms with E-state index in [9.17, 15) is 4.79 Å². The molecular formula is C20H20N4O2S2. The molecule has 1 saturated carbocycles. The Balaban J connectivity index is 1.29. The number of hydrogen-bond donors (Lipinski definition) is 2. The van der Waals surface area contributed by atoms with Crippen LogP contribution in [0.3, 0.4) is 0 Å². The number of nitrogens with one attached hydrogen (secondary N) is 2. The third kappa shape index (κ3) is 5.24. The highest BCUT2D eigenvalue weighted by molar-refractivity contribution is 8.02. The molecule has 6 nitrogen and oxygen atoms in total. The van der Waals surface area contributed by atoms with Crippen LogP contribution in [0.15, 0.2) is 58.9 Å². The second-order valence-corrected chi connectivity index (χ2v) is 9.05. The van der Waals surface area contributed by atoms with Gasteiger partial charge in [0.05, 0.1) is 5.25 Å². The highest BCUT2D eigenvalue weighted by Gasteiger charge is 2.23. The molecule has 8 heteroatoms. The second kappa shape index (κ2) is 8.62. The fourth-order valence-corrected chi connectivity index (χ4v) is 4.37. The number of rotatable bonds is 8. The summed E-state index contributed by atoms with van der Waals surface area (Å²) in [6.07, 6.45) is 2.38. The van der Waals surface area contributed by atoms with E-state index in [1.54, 1.807) is 0 Å². The summed E-state index contributed by atoms with van der Waals surface area (Å²) in [7, 11) is 0. The highest BCUT2D eigenvalue weighted by Crippen LogP contribution is 2.32. The van der Waals surface area contributed by atoms with Gasteiger partial charge in [0.15, 0.2) is 4.34 Å². The first-order chi connectivity index (χ1) is 13.7. The van der Waals surface area contributed by atoms with Gasteiger partial charge in [-0.1, -0.05) is 41.3 Å². The number of carbonyl (C=O) groups is 1. The number of carbonyl (C=O) groups excluding carboxylic acids is 1. The Kier molecular flexibility index (Phi) is 5.78. The predicted octanol–water partition coefficient (Wildman–Crippen LogP) is 5.02. The van der Waals surface area contributed by atoms with Crippen LogP contribution < -0.4 is 15.4 Å². The summed E-state index contributed by atoms with van der Waals surface area (Å²) in [4.78, 5) is 12.5. The molecule has 0 saturated heterocycles. The Morgan fingerprint density at radius 1 is 1.11 bits per heavy atom. The van der Waals surface area contributed by atoms with E-state index in [2.05, 4.69) is 20.8 Å². The lowest BCUT2D eigenvalue weighted by molar-refractivity contribution is -0.115. The Labute approximate surface area is 171 Å². The van der Waals surface area contributed by atoms with Crippen LogP contribution in [0, 0.1) is 0 Å². The topological polar surface area (TPSA) is 76.1 Å². The maximum Gasteiger partial charge on any atom is 0.237 e. The van der Waals surface area contributed by atoms with Gasteiger partial charge in [0.2, 0.25) is 11.0 Å². The van der Waals surface area contributed by atoms with Crippen LogP contribution >= 0.6 is 23.1 Å². The third-order valence-electron chi connectivity index (χ3n) is 4.06. The minimum atomic E-state index is -0.276. The molecule has 2 N–H and O–H groups in total. The van der Waals surface area contributed by atoms with Gasteiger partial charge in [-0.25, -0.2) is 0 Å². The number of nitrogens with zero attached hydrogens (tertiary/aromatic N) is 2. The molecule has 1 unspecified atom stereocenters. The number of aromatic nitrogens is 2. The average Bonchev–Trinajstić information content (AvgIpc) is 3.41. The van der Waals surface area contributed by atoms with Crippen LogP contribution in [0.5, 0.6) is 11.5 Å². The van der Waals surface area contributed by atoms with Gasteiger partial charge in [-0.05, 0) is 56.2 Å². The zero-order valence-electron chi connectivity index (χ0n) is 15.3. The normalized spacial score (nSPS) is 14.3. The average molecular weight is 413 g/mol. The molecule has 1 aliphatic carbocycles. The molecule has 0 radical (unpaired) electrons. The zero-order valence-corrected chi connectivity index (χ0v) is 16.9. The first-order valence-corrected chi connectivity index (χ1v) is 10.8. The van der Waals surface area contributed by atoms with Crippen LogP contribution in [0.25, 0.3) is 0 Å². The second-order valence-electron chi connectivity index (χ2n) is 6.48. The summed E-state index contributed by atoms with van der Waals surface area (Å²) in [5.74, 6) is 1.42. The van der Waals surface area contributed by atoms with E-state index in [1.165, 1.54) is 35.9 Å². The quantitative estimate of drug-likeness (QED) is 0.506. The first-order valence-electron chi connectivity index (χ1n) is 9.06. The molecule has 28 heavy (non-hydrogen) atoms. The number of thioether (sulfide) groups is 1. The molecule has 2 aromatic carbocycles. The van der Waals surface area contributed by atoms with E-state index in [-0.39, 0.29) is 11.2 Å². The lowest BCUT2D eigenvalue weighted by atomic mass is 10.3. The molecule has 3 aromatic rings. The van der Waals surface area contributed by atoms with Gasteiger partial charge >= 0.3 is 0 Å². The molecule has 1 aromatic heterocycles. The maximum atomic E-state index is 12.5. The van der Waals surface area contributed by atoms with Crippen molar-refractivity contribution in [3.05, 3.63) is 54.6 Å². The minimum Gasteiger partial charge on any atom is -0.457 e. The lowest BCUT2D eigenvalue weighted by Crippen LogP contribution is -2.22. The summed E-state index contributed by atoms with van der Waals surface area (Å²) in [6, 6.07) is 17.4. The van der Waals surface area contributed by atoms with E-state index in [0.29, 0.717) is 6.04 Å². The van der Waals surface area contributed by atoms with Crippen molar-refractivity contribution >= 4 is 39.8 Å². The fourth-order valence-electron chi connectivity index (χ4n) is 2.40. The number of benzene rings is 2. The van der Waals surface area contributed by atoms with Gasteiger partial charge in [-0.3, -0.25) is 4.79 Å². The Morgan fingerprint density at radius 2 is 1.82 bits per heavy atom. The maximum absolute atomic E-state index is 12.5. The van der Waals surface area contributed by atoms with Gasteiger partial charge in [-0.2, -0.15) is 0 Å². The van der Waals surface area contributed by atoms with Crippen LogP contribution in [0.2, 0.25) is 0 Å². The van der Waals surface area contributed by atoms with E-state index < -0.39 is 0 Å². The zero-order chi connectivity index (χ0) is 19.3. The Hall–Kier alpha value is -2.58. The number of hydrogen-bond acceptors (Lipinski definition) is 7. The first kappa shape index (κ1) is 18.8. The molecule has 0 bridgehead atoms. The van der Waals surface area contributed by atoms with E-state index in [4.69, 9.17) is 4.74 Å². The number of ether oxygens (including phenoxy) is 1. The largest absolute Gasteiger partial charge is 0.457 e. The number of anilines is 2. The monoisotopic (exact) mass is 412 g/mol. The van der Waals surface area contributed by atoms with Gasteiger partial charge in [-0.15, -0.1) is 10.2 Å². The molecule has 0 aliphatic heterocycles. The van der Waals surface area contributed by atoms with E-state index in [1.807, 2.05) is 61.5 Å². The molecule has 144 valence electrons. The molecule has 1 heterocycles. The van der Waals surface area contributed by atoms with Crippen LogP contribution in [-0.4, -0.2) is 27.4 Å². The molecule has 1 atom stereocenters. The molecule has 1 fully saturated rings. The SMILES string of the molecule is CC(Sc1nnc(NC2CC2)s1)C(=O)Nc1ccc(Oc2ccccc2)cc1. The van der Waals surface area contributed by atoms with E-state index >= 15 is 0 Å². The van der Waals surface area contributed by atoms with Crippen molar-refractivity contribution in [2.24, 2.45) is 0 Å². The third-order valence-corrected chi connectivity index (χ3v) is 6.10. The standard InChI is InChI=1S/C20H20N4O2S2/c1-13(27-20-24-23-19(28-20)22-15-7-8-15)18(25)21-14-9-11-17(12-10-14)26-16-5-3-2-4-6-16/h2-6,9-13,15H,7-8H2,1H3,(H,21,25)(H,22,23). The molecule has 1 aliphatic rings. The minimum absolute atomic E-state index is 0.0753. The summed E-state index contributed by atoms with van der Waals surface area (Å²) in [5, 5.41) is 15.1. The van der Waals surface area contributed by atoms with Crippen molar-refractivity contribution in [1.82, 2.24) is 10.2 Å². The van der Waals surface area contributed by atoms with Crippen LogP contribution in [-0.2, 0) is 4.79 Å². The summed E-state index contributed by atoms with van der Waals surface area (Å²) in [5.41, 5.74) is 0.728. The highest BCUT2D eigenvalue weighted by atomic mass is 32.2. The van der Waals surface area contributed by atoms with Crippen molar-refractivity contribution in [3.63, 3.8) is 0 Å². The summed E-state index contributed by atoms with van der Waals surface area (Å²) >= 11 is 2.90. The van der Waals surface area contributed by atoms with Crippen molar-refractivity contribution in [2.45, 2.75) is 35.4 Å². The van der Waals surface area contributed by atoms with Crippen molar-refractivity contribution in [3.8, 4) is 11.5 Å². The van der Waals surface area contributed by atoms with Gasteiger partial charge in [0.25, 0.3) is 0 Å². The van der Waals surface area contributed by atoms with Crippen molar-refractivity contribution < 1.29 is 9.53 Å². The smallest absolute Gasteiger partial charge is 0.237 e. The predicted molar refractivity (Wildman–Crippen MR) is 113 cm³/mol. The van der Waals surface area contributed by atoms with Gasteiger partial charge < -0.3 is 15.4 Å². The van der Waals surface area contributed by atoms with Crippen molar-refractivity contribution in [1.29, 1.82) is 0 Å². The number of amides is 1. The lowest BCUT2D eigenvalue weighted by Gasteiger charge is -2.11. The molecule has 1 amide bonds. The molecule has 0 spiro atoms. The van der Waals surface area contributed by atoms with Crippen molar-refractivity contribution in [2.75, 3.05) is 10.6 Å². The Bertz CT molecular complexity index is 927. The van der Waals surface area contributed by atoms with Crippen LogP contribution in [0.4, 0.5) is 10.8 Å². The summed E-state index contributed by atoms with van der Waals surface area (Å²) < 4.78 is 6.55. The number of para-hydroxylation sites is 1. The van der Waals surface area contributed by atoms with Crippen LogP contribution in [0.1, 0.15) is 19.8 Å². The fraction of sp³-hybridized carbons (Fsp3) is 0.250. The van der Waals surface area contributed by atoms with E-state index in [0.717, 1.165) is 26.7 Å². The van der Waals surface area contributed by atoms with Gasteiger partial charge in [0.1, 0.15) is 11.5 Å².